The number of methoxy groups -OCH3 is 1. The van der Waals surface area contributed by atoms with Crippen molar-refractivity contribution in [3.8, 4) is 5.75 Å². The monoisotopic (exact) mass is 263 g/mol. The zero-order valence-corrected chi connectivity index (χ0v) is 9.85. The predicted octanol–water partition coefficient (Wildman–Crippen LogP) is 3.21. The van der Waals surface area contributed by atoms with E-state index in [4.69, 9.17) is 4.74 Å². The Balaban J connectivity index is 2.27. The lowest BCUT2D eigenvalue weighted by Gasteiger charge is -2.34. The second-order valence-corrected chi connectivity index (χ2v) is 4.26. The first-order valence-corrected chi connectivity index (χ1v) is 5.59. The molecule has 0 amide bonds. The van der Waals surface area contributed by atoms with E-state index >= 15 is 0 Å². The van der Waals surface area contributed by atoms with E-state index in [9.17, 15) is 17.6 Å². The van der Waals surface area contributed by atoms with Crippen LogP contribution < -0.4 is 9.64 Å². The first-order valence-electron chi connectivity index (χ1n) is 5.59. The Morgan fingerprint density at radius 1 is 1.17 bits per heavy atom. The largest absolute Gasteiger partial charge is 0.491 e. The summed E-state index contributed by atoms with van der Waals surface area (Å²) in [4.78, 5) is 1.58. The van der Waals surface area contributed by atoms with Crippen LogP contribution in [0.1, 0.15) is 12.8 Å². The van der Waals surface area contributed by atoms with Gasteiger partial charge >= 0.3 is 0 Å². The van der Waals surface area contributed by atoms with Gasteiger partial charge in [-0.3, -0.25) is 0 Å². The summed E-state index contributed by atoms with van der Waals surface area (Å²) in [5.74, 6) is -5.02. The molecule has 0 atom stereocenters. The first-order chi connectivity index (χ1) is 8.44. The number of piperidine rings is 1. The lowest BCUT2D eigenvalue weighted by Crippen LogP contribution is -2.39. The molecule has 1 aromatic carbocycles. The minimum atomic E-state index is -2.68. The van der Waals surface area contributed by atoms with Crippen LogP contribution in [0.2, 0.25) is 0 Å². The molecule has 1 aliphatic rings. The van der Waals surface area contributed by atoms with Gasteiger partial charge in [0.1, 0.15) is 0 Å². The van der Waals surface area contributed by atoms with Gasteiger partial charge in [0, 0.05) is 25.9 Å². The van der Waals surface area contributed by atoms with Gasteiger partial charge in [-0.25, -0.2) is 13.2 Å². The standard InChI is InChI=1S/C12H13F4NO/c1-18-11-9(3-2-8(13)10(11)14)17-6-4-12(15,16)5-7-17/h2-3H,4-7H2,1H3. The molecule has 1 aromatic rings. The van der Waals surface area contributed by atoms with E-state index in [1.165, 1.54) is 13.2 Å². The first kappa shape index (κ1) is 13.0. The van der Waals surface area contributed by atoms with Crippen molar-refractivity contribution in [1.29, 1.82) is 0 Å². The van der Waals surface area contributed by atoms with Gasteiger partial charge in [-0.15, -0.1) is 0 Å². The van der Waals surface area contributed by atoms with E-state index in [1.807, 2.05) is 0 Å². The van der Waals surface area contributed by atoms with Crippen molar-refractivity contribution in [3.05, 3.63) is 23.8 Å². The van der Waals surface area contributed by atoms with Crippen molar-refractivity contribution in [2.45, 2.75) is 18.8 Å². The highest BCUT2D eigenvalue weighted by molar-refractivity contribution is 5.59. The number of alkyl halides is 2. The fourth-order valence-electron chi connectivity index (χ4n) is 2.04. The van der Waals surface area contributed by atoms with Crippen LogP contribution in [0.4, 0.5) is 23.2 Å². The average molecular weight is 263 g/mol. The number of anilines is 1. The Morgan fingerprint density at radius 3 is 2.33 bits per heavy atom. The second-order valence-electron chi connectivity index (χ2n) is 4.26. The lowest BCUT2D eigenvalue weighted by atomic mass is 10.1. The van der Waals surface area contributed by atoms with Gasteiger partial charge in [0.05, 0.1) is 12.8 Å². The third-order valence-electron chi connectivity index (χ3n) is 3.07. The minimum Gasteiger partial charge on any atom is -0.491 e. The SMILES string of the molecule is COc1c(N2CCC(F)(F)CC2)ccc(F)c1F. The summed E-state index contributed by atoms with van der Waals surface area (Å²) in [5, 5.41) is 0. The van der Waals surface area contributed by atoms with Gasteiger partial charge in [0.15, 0.2) is 11.6 Å². The molecule has 1 aliphatic heterocycles. The highest BCUT2D eigenvalue weighted by Gasteiger charge is 2.35. The fourth-order valence-corrected chi connectivity index (χ4v) is 2.04. The highest BCUT2D eigenvalue weighted by Crippen LogP contribution is 2.36. The average Bonchev–Trinajstić information content (AvgIpc) is 2.33. The summed E-state index contributed by atoms with van der Waals surface area (Å²) in [7, 11) is 1.22. The van der Waals surface area contributed by atoms with Crippen LogP contribution in [-0.2, 0) is 0 Å². The highest BCUT2D eigenvalue weighted by atomic mass is 19.3. The van der Waals surface area contributed by atoms with Crippen LogP contribution in [0.15, 0.2) is 12.1 Å². The Bertz CT molecular complexity index is 440. The molecule has 0 aliphatic carbocycles. The summed E-state index contributed by atoms with van der Waals surface area (Å²) < 4.78 is 57.4. The number of nitrogens with zero attached hydrogens (tertiary/aromatic N) is 1. The molecule has 0 radical (unpaired) electrons. The van der Waals surface area contributed by atoms with E-state index in [2.05, 4.69) is 0 Å². The minimum absolute atomic E-state index is 0.0917. The van der Waals surface area contributed by atoms with Gasteiger partial charge < -0.3 is 9.64 Å². The van der Waals surface area contributed by atoms with Crippen molar-refractivity contribution in [3.63, 3.8) is 0 Å². The molecule has 0 bridgehead atoms. The van der Waals surface area contributed by atoms with Crippen LogP contribution >= 0.6 is 0 Å². The smallest absolute Gasteiger partial charge is 0.251 e. The zero-order chi connectivity index (χ0) is 13.3. The molecular weight excluding hydrogens is 250 g/mol. The van der Waals surface area contributed by atoms with E-state index in [0.29, 0.717) is 5.69 Å². The molecule has 0 saturated carbocycles. The molecule has 0 unspecified atom stereocenters. The Kier molecular flexibility index (Phi) is 3.36. The topological polar surface area (TPSA) is 12.5 Å². The van der Waals surface area contributed by atoms with Gasteiger partial charge in [-0.2, -0.15) is 4.39 Å². The van der Waals surface area contributed by atoms with Crippen molar-refractivity contribution in [2.75, 3.05) is 25.1 Å². The summed E-state index contributed by atoms with van der Waals surface area (Å²) in [6.07, 6.45) is -0.593. The molecule has 18 heavy (non-hydrogen) atoms. The number of hydrogen-bond donors (Lipinski definition) is 0. The normalized spacial score (nSPS) is 18.8. The van der Waals surface area contributed by atoms with Gasteiger partial charge in [-0.05, 0) is 12.1 Å². The molecule has 1 saturated heterocycles. The fraction of sp³-hybridized carbons (Fsp3) is 0.500. The molecule has 1 heterocycles. The maximum absolute atomic E-state index is 13.5. The third-order valence-corrected chi connectivity index (χ3v) is 3.07. The van der Waals surface area contributed by atoms with Crippen molar-refractivity contribution < 1.29 is 22.3 Å². The Morgan fingerprint density at radius 2 is 1.78 bits per heavy atom. The van der Waals surface area contributed by atoms with E-state index in [1.54, 1.807) is 4.90 Å². The van der Waals surface area contributed by atoms with Crippen molar-refractivity contribution in [1.82, 2.24) is 0 Å². The number of halogens is 4. The maximum atomic E-state index is 13.5. The molecule has 100 valence electrons. The van der Waals surface area contributed by atoms with Gasteiger partial charge in [0.25, 0.3) is 5.92 Å². The van der Waals surface area contributed by atoms with Crippen molar-refractivity contribution >= 4 is 5.69 Å². The molecule has 0 aromatic heterocycles. The lowest BCUT2D eigenvalue weighted by molar-refractivity contribution is -0.0221. The number of rotatable bonds is 2. The molecule has 6 heteroatoms. The molecule has 0 N–H and O–H groups in total. The van der Waals surface area contributed by atoms with Crippen LogP contribution in [-0.4, -0.2) is 26.1 Å². The Labute approximate surface area is 102 Å². The summed E-state index contributed by atoms with van der Waals surface area (Å²) >= 11 is 0. The third kappa shape index (κ3) is 2.37. The van der Waals surface area contributed by atoms with E-state index in [-0.39, 0.29) is 31.7 Å². The predicted molar refractivity (Wildman–Crippen MR) is 59.3 cm³/mol. The molecular formula is C12H13F4NO. The summed E-state index contributed by atoms with van der Waals surface area (Å²) in [6.45, 7) is 0.183. The molecule has 0 spiro atoms. The molecule has 1 fully saturated rings. The number of benzene rings is 1. The van der Waals surface area contributed by atoms with Crippen LogP contribution in [0.25, 0.3) is 0 Å². The van der Waals surface area contributed by atoms with Gasteiger partial charge in [0.2, 0.25) is 5.82 Å². The maximum Gasteiger partial charge on any atom is 0.251 e. The van der Waals surface area contributed by atoms with Crippen LogP contribution in [0.3, 0.4) is 0 Å². The summed E-state index contributed by atoms with van der Waals surface area (Å²) in [5.41, 5.74) is 0.312. The quantitative estimate of drug-likeness (QED) is 0.760. The van der Waals surface area contributed by atoms with Gasteiger partial charge in [-0.1, -0.05) is 0 Å². The number of hydrogen-bond acceptors (Lipinski definition) is 2. The van der Waals surface area contributed by atoms with E-state index in [0.717, 1.165) is 6.07 Å². The second kappa shape index (κ2) is 4.66. The van der Waals surface area contributed by atoms with Crippen LogP contribution in [0.5, 0.6) is 5.75 Å². The summed E-state index contributed by atoms with van der Waals surface area (Å²) in [6, 6.07) is 2.32. The molecule has 2 rings (SSSR count). The van der Waals surface area contributed by atoms with E-state index < -0.39 is 17.6 Å². The number of ether oxygens (including phenoxy) is 1. The Hall–Kier alpha value is -1.46. The molecule has 2 nitrogen and oxygen atoms in total. The van der Waals surface area contributed by atoms with Crippen LogP contribution in [0, 0.1) is 11.6 Å². The zero-order valence-electron chi connectivity index (χ0n) is 9.85. The van der Waals surface area contributed by atoms with Crippen molar-refractivity contribution in [2.24, 2.45) is 0 Å².